The maximum atomic E-state index is 5.24. The minimum Gasteiger partial charge on any atom is -0.352 e. The van der Waals surface area contributed by atoms with Crippen molar-refractivity contribution in [3.8, 4) is 28.5 Å². The summed E-state index contributed by atoms with van der Waals surface area (Å²) in [6, 6.07) is 52.5. The van der Waals surface area contributed by atoms with Crippen molar-refractivity contribution in [2.24, 2.45) is 4.99 Å². The summed E-state index contributed by atoms with van der Waals surface area (Å²) >= 11 is 0. The van der Waals surface area contributed by atoms with Crippen molar-refractivity contribution in [3.63, 3.8) is 0 Å². The molecule has 1 aliphatic heterocycles. The molecule has 0 bridgehead atoms. The Labute approximate surface area is 287 Å². The lowest BCUT2D eigenvalue weighted by Crippen LogP contribution is -2.33. The van der Waals surface area contributed by atoms with E-state index < -0.39 is 0 Å². The van der Waals surface area contributed by atoms with E-state index in [0.29, 0.717) is 29.7 Å². The van der Waals surface area contributed by atoms with E-state index in [2.05, 4.69) is 105 Å². The molecule has 7 heteroatoms. The number of hydrogen-bond donors (Lipinski definition) is 1. The van der Waals surface area contributed by atoms with Crippen LogP contribution in [0.25, 0.3) is 77.8 Å². The minimum absolute atomic E-state index is 0.532. The maximum absolute atomic E-state index is 5.24. The van der Waals surface area contributed by atoms with Crippen molar-refractivity contribution in [3.05, 3.63) is 164 Å². The van der Waals surface area contributed by atoms with Gasteiger partial charge >= 0.3 is 0 Å². The predicted octanol–water partition coefficient (Wildman–Crippen LogP) is 9.26. The van der Waals surface area contributed by atoms with Crippen LogP contribution in [0, 0.1) is 0 Å². The van der Waals surface area contributed by atoms with E-state index in [9.17, 15) is 0 Å². The van der Waals surface area contributed by atoms with Crippen molar-refractivity contribution >= 4 is 55.3 Å². The molecule has 0 fully saturated rings. The van der Waals surface area contributed by atoms with Crippen LogP contribution in [0.3, 0.4) is 0 Å². The molecule has 1 aliphatic rings. The molecule has 4 heterocycles. The van der Waals surface area contributed by atoms with Gasteiger partial charge in [0.2, 0.25) is 5.96 Å². The smallest absolute Gasteiger partial charge is 0.208 e. The third kappa shape index (κ3) is 4.52. The van der Waals surface area contributed by atoms with Gasteiger partial charge in [0.1, 0.15) is 5.70 Å². The minimum atomic E-state index is 0.532. The number of benzene rings is 6. The molecular formula is C43H29N7. The van der Waals surface area contributed by atoms with Gasteiger partial charge in [-0.15, -0.1) is 0 Å². The molecule has 0 aliphatic carbocycles. The first-order valence-corrected chi connectivity index (χ1v) is 16.7. The lowest BCUT2D eigenvalue weighted by Gasteiger charge is -2.18. The van der Waals surface area contributed by atoms with Crippen molar-refractivity contribution in [2.75, 3.05) is 6.54 Å². The molecule has 3 aromatic heterocycles. The average Bonchev–Trinajstić information content (AvgIpc) is 3.70. The van der Waals surface area contributed by atoms with Crippen LogP contribution < -0.4 is 5.32 Å². The van der Waals surface area contributed by atoms with Crippen LogP contribution in [0.5, 0.6) is 0 Å². The second kappa shape index (κ2) is 11.4. The molecule has 0 spiro atoms. The lowest BCUT2D eigenvalue weighted by molar-refractivity contribution is 0.945. The molecule has 6 aromatic carbocycles. The molecule has 0 saturated carbocycles. The van der Waals surface area contributed by atoms with Gasteiger partial charge in [-0.3, -0.25) is 4.57 Å². The van der Waals surface area contributed by atoms with E-state index in [-0.39, 0.29) is 0 Å². The molecule has 9 aromatic rings. The van der Waals surface area contributed by atoms with Crippen LogP contribution in [0.15, 0.2) is 163 Å². The highest BCUT2D eigenvalue weighted by Crippen LogP contribution is 2.38. The van der Waals surface area contributed by atoms with Gasteiger partial charge in [0.15, 0.2) is 17.5 Å². The van der Waals surface area contributed by atoms with E-state index in [4.69, 9.17) is 19.9 Å². The van der Waals surface area contributed by atoms with E-state index in [0.717, 1.165) is 39.3 Å². The van der Waals surface area contributed by atoms with Gasteiger partial charge < -0.3 is 9.88 Å². The van der Waals surface area contributed by atoms with E-state index in [1.54, 1.807) is 0 Å². The van der Waals surface area contributed by atoms with Gasteiger partial charge in [0, 0.05) is 44.9 Å². The summed E-state index contributed by atoms with van der Waals surface area (Å²) in [7, 11) is 0. The van der Waals surface area contributed by atoms with Crippen molar-refractivity contribution in [1.82, 2.24) is 29.4 Å². The highest BCUT2D eigenvalue weighted by Gasteiger charge is 2.22. The molecular weight excluding hydrogens is 615 g/mol. The number of fused-ring (bicyclic) bond motifs is 6. The van der Waals surface area contributed by atoms with Crippen molar-refractivity contribution < 1.29 is 0 Å². The van der Waals surface area contributed by atoms with Crippen molar-refractivity contribution in [2.45, 2.75) is 0 Å². The molecule has 1 N–H and O–H groups in total. The van der Waals surface area contributed by atoms with E-state index in [1.807, 2.05) is 66.7 Å². The summed E-state index contributed by atoms with van der Waals surface area (Å²) in [5, 5.41) is 8.35. The number of para-hydroxylation sites is 3. The van der Waals surface area contributed by atoms with Crippen LogP contribution in [-0.2, 0) is 0 Å². The van der Waals surface area contributed by atoms with Crippen LogP contribution in [0.4, 0.5) is 0 Å². The SMILES string of the molecule is C1=C(c2nc(-c3ccccc3)nc(-c3ccccc3)n2)N=C(n2c3ccccc3c3cc4c5ccccc5n(-c5ccccc5)c4cc32)NC1. The number of aromatic nitrogens is 5. The molecule has 7 nitrogen and oxygen atoms in total. The third-order valence-electron chi connectivity index (χ3n) is 9.40. The summed E-state index contributed by atoms with van der Waals surface area (Å²) in [6.07, 6.45) is 2.04. The number of aliphatic imine (C=N–C) groups is 1. The van der Waals surface area contributed by atoms with Crippen molar-refractivity contribution in [1.29, 1.82) is 0 Å². The first kappa shape index (κ1) is 28.2. The second-order valence-electron chi connectivity index (χ2n) is 12.4. The molecule has 0 amide bonds. The highest BCUT2D eigenvalue weighted by molar-refractivity contribution is 6.21. The zero-order chi connectivity index (χ0) is 33.0. The summed E-state index contributed by atoms with van der Waals surface area (Å²) in [5.41, 5.74) is 8.12. The number of nitrogens with one attached hydrogen (secondary N) is 1. The number of hydrogen-bond acceptors (Lipinski definition) is 5. The Bertz CT molecular complexity index is 2740. The van der Waals surface area contributed by atoms with E-state index in [1.165, 1.54) is 27.1 Å². The van der Waals surface area contributed by atoms with Crippen LogP contribution in [0.1, 0.15) is 5.82 Å². The highest BCUT2D eigenvalue weighted by atomic mass is 15.2. The summed E-state index contributed by atoms with van der Waals surface area (Å²) in [5.74, 6) is 2.47. The Morgan fingerprint density at radius 3 is 1.56 bits per heavy atom. The molecule has 236 valence electrons. The normalized spacial score (nSPS) is 13.1. The van der Waals surface area contributed by atoms with Gasteiger partial charge in [-0.1, -0.05) is 115 Å². The Hall–Kier alpha value is -6.86. The fraction of sp³-hybridized carbons (Fsp3) is 0.0233. The quantitative estimate of drug-likeness (QED) is 0.208. The van der Waals surface area contributed by atoms with Crippen LogP contribution >= 0.6 is 0 Å². The van der Waals surface area contributed by atoms with Gasteiger partial charge in [-0.25, -0.2) is 19.9 Å². The molecule has 50 heavy (non-hydrogen) atoms. The first-order valence-electron chi connectivity index (χ1n) is 16.7. The topological polar surface area (TPSA) is 72.9 Å². The zero-order valence-electron chi connectivity index (χ0n) is 26.9. The second-order valence-corrected chi connectivity index (χ2v) is 12.4. The Morgan fingerprint density at radius 2 is 0.940 bits per heavy atom. The van der Waals surface area contributed by atoms with Gasteiger partial charge in [-0.2, -0.15) is 0 Å². The predicted molar refractivity (Wildman–Crippen MR) is 203 cm³/mol. The van der Waals surface area contributed by atoms with E-state index >= 15 is 0 Å². The average molecular weight is 644 g/mol. The lowest BCUT2D eigenvalue weighted by atomic mass is 10.1. The largest absolute Gasteiger partial charge is 0.352 e. The van der Waals surface area contributed by atoms with Gasteiger partial charge in [-0.05, 0) is 42.5 Å². The molecule has 0 radical (unpaired) electrons. The summed E-state index contributed by atoms with van der Waals surface area (Å²) in [6.45, 7) is 0.571. The zero-order valence-corrected chi connectivity index (χ0v) is 26.9. The third-order valence-corrected chi connectivity index (χ3v) is 9.40. The maximum Gasteiger partial charge on any atom is 0.208 e. The van der Waals surface area contributed by atoms with Crippen LogP contribution in [0.2, 0.25) is 0 Å². The Kier molecular flexibility index (Phi) is 6.42. The Balaban J connectivity index is 1.20. The monoisotopic (exact) mass is 643 g/mol. The van der Waals surface area contributed by atoms with Gasteiger partial charge in [0.05, 0.1) is 22.1 Å². The van der Waals surface area contributed by atoms with Crippen LogP contribution in [-0.4, -0.2) is 36.6 Å². The fourth-order valence-electron chi connectivity index (χ4n) is 7.15. The molecule has 0 unspecified atom stereocenters. The fourth-order valence-corrected chi connectivity index (χ4v) is 7.15. The molecule has 10 rings (SSSR count). The standard InChI is InChI=1S/C43H29N7/c1-4-14-28(15-5-1)40-46-41(29-16-6-2-7-17-29)48-42(47-40)35-24-25-44-43(45-35)50-37-23-13-11-21-32(37)34-26-33-31-20-10-12-22-36(31)49(38(33)27-39(34)50)30-18-8-3-9-19-30/h1-24,26-27H,25H2,(H,44,45). The molecule has 0 saturated heterocycles. The summed E-state index contributed by atoms with van der Waals surface area (Å²) < 4.78 is 4.59. The summed E-state index contributed by atoms with van der Waals surface area (Å²) in [4.78, 5) is 20.0. The van der Waals surface area contributed by atoms with Gasteiger partial charge in [0.25, 0.3) is 0 Å². The number of rotatable bonds is 4. The molecule has 0 atom stereocenters. The first-order chi connectivity index (χ1) is 24.8. The Morgan fingerprint density at radius 1 is 0.440 bits per heavy atom. The number of nitrogens with zero attached hydrogens (tertiary/aromatic N) is 6.